The third kappa shape index (κ3) is 5.54. The van der Waals surface area contributed by atoms with E-state index < -0.39 is 17.9 Å². The Morgan fingerprint density at radius 2 is 1.68 bits per heavy atom. The second-order valence-electron chi connectivity index (χ2n) is 4.25. The van der Waals surface area contributed by atoms with Crippen LogP contribution in [0.1, 0.15) is 40.5 Å². The first-order valence-corrected chi connectivity index (χ1v) is 6.36. The van der Waals surface area contributed by atoms with Crippen LogP contribution in [0.25, 0.3) is 0 Å². The Bertz CT molecular complexity index is 388. The quantitative estimate of drug-likeness (QED) is 0.720. The fraction of sp³-hybridized carbons (Fsp3) is 0.615. The SMILES string of the molecule is CCCCN(CC)C(=O)NC(=O)/C(C)=C(/C)C(=O)O. The molecule has 0 heterocycles. The number of carboxylic acid groups (broad SMARTS) is 1. The van der Waals surface area contributed by atoms with Gasteiger partial charge in [-0.1, -0.05) is 13.3 Å². The first-order chi connectivity index (χ1) is 8.84. The molecule has 0 saturated carbocycles. The number of hydrogen-bond donors (Lipinski definition) is 2. The molecule has 19 heavy (non-hydrogen) atoms. The lowest BCUT2D eigenvalue weighted by Gasteiger charge is -2.20. The number of carbonyl (C=O) groups excluding carboxylic acids is 2. The molecule has 2 N–H and O–H groups in total. The number of urea groups is 1. The minimum absolute atomic E-state index is 0.0346. The minimum Gasteiger partial charge on any atom is -0.478 e. The summed E-state index contributed by atoms with van der Waals surface area (Å²) < 4.78 is 0. The molecule has 0 bridgehead atoms. The first-order valence-electron chi connectivity index (χ1n) is 6.36. The Morgan fingerprint density at radius 3 is 2.11 bits per heavy atom. The zero-order chi connectivity index (χ0) is 15.0. The summed E-state index contributed by atoms with van der Waals surface area (Å²) in [5, 5.41) is 11.0. The normalized spacial score (nSPS) is 11.6. The molecule has 0 aromatic heterocycles. The Labute approximate surface area is 113 Å². The number of rotatable bonds is 6. The third-order valence-electron chi connectivity index (χ3n) is 2.89. The zero-order valence-corrected chi connectivity index (χ0v) is 11.9. The van der Waals surface area contributed by atoms with Gasteiger partial charge in [-0.3, -0.25) is 10.1 Å². The number of amides is 3. The number of nitrogens with zero attached hydrogens (tertiary/aromatic N) is 1. The summed E-state index contributed by atoms with van der Waals surface area (Å²) in [6, 6.07) is -0.488. The van der Waals surface area contributed by atoms with E-state index in [0.717, 1.165) is 12.8 Å². The summed E-state index contributed by atoms with van der Waals surface area (Å²) in [5.41, 5.74) is -0.0331. The number of hydrogen-bond acceptors (Lipinski definition) is 3. The van der Waals surface area contributed by atoms with E-state index in [4.69, 9.17) is 5.11 Å². The van der Waals surface area contributed by atoms with Crippen molar-refractivity contribution in [3.8, 4) is 0 Å². The highest BCUT2D eigenvalue weighted by Gasteiger charge is 2.18. The van der Waals surface area contributed by atoms with Gasteiger partial charge in [-0.25, -0.2) is 9.59 Å². The van der Waals surface area contributed by atoms with Crippen LogP contribution >= 0.6 is 0 Å². The second-order valence-corrected chi connectivity index (χ2v) is 4.25. The minimum atomic E-state index is -1.17. The molecule has 0 aromatic rings. The van der Waals surface area contributed by atoms with Gasteiger partial charge in [0.15, 0.2) is 0 Å². The van der Waals surface area contributed by atoms with Gasteiger partial charge in [0.2, 0.25) is 0 Å². The van der Waals surface area contributed by atoms with Crippen molar-refractivity contribution in [1.29, 1.82) is 0 Å². The highest BCUT2D eigenvalue weighted by molar-refractivity contribution is 6.07. The Kier molecular flexibility index (Phi) is 7.48. The lowest BCUT2D eigenvalue weighted by molar-refractivity contribution is -0.133. The fourth-order valence-electron chi connectivity index (χ4n) is 1.35. The summed E-state index contributed by atoms with van der Waals surface area (Å²) in [4.78, 5) is 35.8. The van der Waals surface area contributed by atoms with Crippen LogP contribution in [0.4, 0.5) is 4.79 Å². The van der Waals surface area contributed by atoms with Crippen LogP contribution in [-0.2, 0) is 9.59 Å². The van der Waals surface area contributed by atoms with E-state index in [1.165, 1.54) is 18.7 Å². The van der Waals surface area contributed by atoms with Gasteiger partial charge in [-0.15, -0.1) is 0 Å². The number of carboxylic acids is 1. The molecule has 0 atom stereocenters. The molecule has 0 aromatic carbocycles. The Balaban J connectivity index is 4.67. The van der Waals surface area contributed by atoms with Crippen LogP contribution in [0.2, 0.25) is 0 Å². The van der Waals surface area contributed by atoms with Gasteiger partial charge in [-0.05, 0) is 27.2 Å². The van der Waals surface area contributed by atoms with E-state index in [2.05, 4.69) is 5.32 Å². The maximum absolute atomic E-state index is 11.8. The van der Waals surface area contributed by atoms with Crippen LogP contribution in [0.5, 0.6) is 0 Å². The average molecular weight is 270 g/mol. The maximum Gasteiger partial charge on any atom is 0.331 e. The molecule has 6 heteroatoms. The lowest BCUT2D eigenvalue weighted by Crippen LogP contribution is -2.43. The molecule has 0 radical (unpaired) electrons. The van der Waals surface area contributed by atoms with Gasteiger partial charge in [0.25, 0.3) is 5.91 Å². The monoisotopic (exact) mass is 270 g/mol. The van der Waals surface area contributed by atoms with Crippen molar-refractivity contribution >= 4 is 17.9 Å². The van der Waals surface area contributed by atoms with E-state index in [-0.39, 0.29) is 11.1 Å². The number of imide groups is 1. The maximum atomic E-state index is 11.8. The summed E-state index contributed by atoms with van der Waals surface area (Å²) in [5.74, 6) is -1.83. The smallest absolute Gasteiger partial charge is 0.331 e. The molecule has 0 fully saturated rings. The molecule has 3 amide bonds. The van der Waals surface area contributed by atoms with Crippen LogP contribution in [0.3, 0.4) is 0 Å². The molecule has 0 aliphatic carbocycles. The molecule has 0 spiro atoms. The Hall–Kier alpha value is -1.85. The van der Waals surface area contributed by atoms with E-state index in [9.17, 15) is 14.4 Å². The van der Waals surface area contributed by atoms with Gasteiger partial charge in [0, 0.05) is 24.2 Å². The lowest BCUT2D eigenvalue weighted by atomic mass is 10.1. The van der Waals surface area contributed by atoms with Crippen LogP contribution in [0, 0.1) is 0 Å². The van der Waals surface area contributed by atoms with Gasteiger partial charge in [-0.2, -0.15) is 0 Å². The van der Waals surface area contributed by atoms with E-state index >= 15 is 0 Å². The van der Waals surface area contributed by atoms with E-state index in [0.29, 0.717) is 13.1 Å². The number of unbranched alkanes of at least 4 members (excludes halogenated alkanes) is 1. The molecule has 0 aliphatic heterocycles. The van der Waals surface area contributed by atoms with E-state index in [1.807, 2.05) is 13.8 Å². The summed E-state index contributed by atoms with van der Waals surface area (Å²) in [6.45, 7) is 7.63. The number of aliphatic carboxylic acids is 1. The van der Waals surface area contributed by atoms with Crippen molar-refractivity contribution in [1.82, 2.24) is 10.2 Å². The zero-order valence-electron chi connectivity index (χ0n) is 11.9. The van der Waals surface area contributed by atoms with Crippen LogP contribution < -0.4 is 5.32 Å². The highest BCUT2D eigenvalue weighted by atomic mass is 16.4. The number of nitrogens with one attached hydrogen (secondary N) is 1. The van der Waals surface area contributed by atoms with Crippen LogP contribution in [0.15, 0.2) is 11.1 Å². The van der Waals surface area contributed by atoms with Gasteiger partial charge >= 0.3 is 12.0 Å². The molecule has 6 nitrogen and oxygen atoms in total. The summed E-state index contributed by atoms with van der Waals surface area (Å²) in [6.07, 6.45) is 1.81. The van der Waals surface area contributed by atoms with Crippen molar-refractivity contribution < 1.29 is 19.5 Å². The summed E-state index contributed by atoms with van der Waals surface area (Å²) >= 11 is 0. The van der Waals surface area contributed by atoms with Gasteiger partial charge in [0.1, 0.15) is 0 Å². The molecular weight excluding hydrogens is 248 g/mol. The summed E-state index contributed by atoms with van der Waals surface area (Å²) in [7, 11) is 0. The first kappa shape index (κ1) is 17.2. The van der Waals surface area contributed by atoms with Crippen molar-refractivity contribution in [3.63, 3.8) is 0 Å². The van der Waals surface area contributed by atoms with Crippen molar-refractivity contribution in [2.24, 2.45) is 0 Å². The molecule has 0 unspecified atom stereocenters. The highest BCUT2D eigenvalue weighted by Crippen LogP contribution is 2.04. The van der Waals surface area contributed by atoms with Crippen molar-refractivity contribution in [2.75, 3.05) is 13.1 Å². The predicted molar refractivity (Wildman–Crippen MR) is 71.7 cm³/mol. The molecule has 0 saturated heterocycles. The molecular formula is C13H22N2O4. The average Bonchev–Trinajstić information content (AvgIpc) is 2.37. The standard InChI is InChI=1S/C13H22N2O4/c1-5-7-8-15(6-2)13(19)14-11(16)9(3)10(4)12(17)18/h5-8H2,1-4H3,(H,17,18)(H,14,16,19)/b10-9-. The third-order valence-corrected chi connectivity index (χ3v) is 2.89. The molecule has 0 rings (SSSR count). The topological polar surface area (TPSA) is 86.7 Å². The largest absolute Gasteiger partial charge is 0.478 e. The van der Waals surface area contributed by atoms with Crippen LogP contribution in [-0.4, -0.2) is 41.0 Å². The van der Waals surface area contributed by atoms with Gasteiger partial charge in [0.05, 0.1) is 0 Å². The van der Waals surface area contributed by atoms with E-state index in [1.54, 1.807) is 0 Å². The van der Waals surface area contributed by atoms with Crippen molar-refractivity contribution in [2.45, 2.75) is 40.5 Å². The van der Waals surface area contributed by atoms with Gasteiger partial charge < -0.3 is 10.0 Å². The second kappa shape index (κ2) is 8.29. The van der Waals surface area contributed by atoms with Crippen molar-refractivity contribution in [3.05, 3.63) is 11.1 Å². The predicted octanol–water partition coefficient (Wildman–Crippen LogP) is 1.77. The Morgan fingerprint density at radius 1 is 1.11 bits per heavy atom. The molecule has 0 aliphatic rings. The fourth-order valence-corrected chi connectivity index (χ4v) is 1.35. The molecule has 108 valence electrons. The number of carbonyl (C=O) groups is 3.